The molecule has 212 valence electrons. The Morgan fingerprint density at radius 2 is 1.95 bits per heavy atom. The van der Waals surface area contributed by atoms with Gasteiger partial charge in [-0.05, 0) is 43.8 Å². The lowest BCUT2D eigenvalue weighted by molar-refractivity contribution is -0.155. The highest BCUT2D eigenvalue weighted by Crippen LogP contribution is 2.38. The molecule has 0 aliphatic carbocycles. The van der Waals surface area contributed by atoms with Crippen LogP contribution in [0.2, 0.25) is 0 Å². The van der Waals surface area contributed by atoms with Crippen molar-refractivity contribution >= 4 is 51.8 Å². The molecule has 1 aromatic rings. The number of nitrogens with one attached hydrogen (secondary N) is 1. The van der Waals surface area contributed by atoms with E-state index in [4.69, 9.17) is 5.73 Å². The minimum absolute atomic E-state index is 0.0633. The van der Waals surface area contributed by atoms with Crippen LogP contribution >= 0.6 is 11.3 Å². The smallest absolute Gasteiger partial charge is 0.352 e. The summed E-state index contributed by atoms with van der Waals surface area (Å²) >= 11 is 1.05. The number of fused-ring (bicyclic) bond motifs is 1. The van der Waals surface area contributed by atoms with E-state index >= 15 is 0 Å². The van der Waals surface area contributed by atoms with Crippen LogP contribution in [0.1, 0.15) is 51.1 Å². The highest BCUT2D eigenvalue weighted by Gasteiger charge is 2.53. The van der Waals surface area contributed by atoms with Gasteiger partial charge in [-0.25, -0.2) is 19.6 Å². The van der Waals surface area contributed by atoms with E-state index in [0.29, 0.717) is 37.0 Å². The summed E-state index contributed by atoms with van der Waals surface area (Å²) in [4.78, 5) is 72.6. The first-order valence-electron chi connectivity index (χ1n) is 13.0. The van der Waals surface area contributed by atoms with Crippen molar-refractivity contribution in [2.24, 2.45) is 5.16 Å². The molecule has 1 aromatic heterocycles. The molecule has 0 radical (unpaired) electrons. The van der Waals surface area contributed by atoms with Crippen molar-refractivity contribution < 1.29 is 33.9 Å². The zero-order chi connectivity index (χ0) is 28.6. The minimum Gasteiger partial charge on any atom is -0.477 e. The lowest BCUT2D eigenvalue weighted by Gasteiger charge is -2.50. The standard InChI is InChI=1S/C25H29N7O7S/c1-13(33)39-29-18(16-12-40-25(26)27-16)21(34)28-19-17-6-5-14(20(24(37)38)32(17)23(19)36)11-15-7-10-31(22(15)35)30-8-3-2-4-9-30/h11-12,17,19H,2-10H2,1H3,(H2,26,27)(H,28,34)(H,37,38)/b15-11+,29-18-/t17-,19+/m1/s1. The number of aliphatic carboxylic acids is 1. The summed E-state index contributed by atoms with van der Waals surface area (Å²) in [7, 11) is 0. The number of hydrogen-bond donors (Lipinski definition) is 3. The van der Waals surface area contributed by atoms with Crippen LogP contribution in [0.25, 0.3) is 0 Å². The van der Waals surface area contributed by atoms with E-state index in [1.165, 1.54) is 5.38 Å². The van der Waals surface area contributed by atoms with Gasteiger partial charge in [-0.3, -0.25) is 24.3 Å². The van der Waals surface area contributed by atoms with Crippen LogP contribution in [-0.4, -0.2) is 92.1 Å². The summed E-state index contributed by atoms with van der Waals surface area (Å²) in [5, 5.41) is 21.6. The second-order valence-electron chi connectivity index (χ2n) is 9.90. The number of nitrogens with two attached hydrogens (primary N) is 1. The highest BCUT2D eigenvalue weighted by atomic mass is 32.1. The molecule has 0 saturated carbocycles. The fraction of sp³-hybridized carbons (Fsp3) is 0.480. The van der Waals surface area contributed by atoms with Gasteiger partial charge in [-0.2, -0.15) is 0 Å². The molecule has 0 spiro atoms. The van der Waals surface area contributed by atoms with Gasteiger partial charge in [0.05, 0.1) is 6.04 Å². The maximum Gasteiger partial charge on any atom is 0.352 e. The Bertz CT molecular complexity index is 1360. The lowest BCUT2D eigenvalue weighted by atomic mass is 9.82. The van der Waals surface area contributed by atoms with Crippen molar-refractivity contribution in [3.05, 3.63) is 34.0 Å². The number of allylic oxidation sites excluding steroid dienone is 2. The molecule has 0 bridgehead atoms. The zero-order valence-electron chi connectivity index (χ0n) is 21.8. The predicted octanol–water partition coefficient (Wildman–Crippen LogP) is 0.380. The van der Waals surface area contributed by atoms with Crippen molar-refractivity contribution in [2.75, 3.05) is 25.4 Å². The molecule has 4 aliphatic rings. The summed E-state index contributed by atoms with van der Waals surface area (Å²) in [5.74, 6) is -3.62. The fourth-order valence-corrected chi connectivity index (χ4v) is 6.03. The normalized spacial score (nSPS) is 24.7. The Morgan fingerprint density at radius 3 is 2.60 bits per heavy atom. The van der Waals surface area contributed by atoms with Gasteiger partial charge in [0, 0.05) is 37.5 Å². The van der Waals surface area contributed by atoms with Gasteiger partial charge in [0.15, 0.2) is 10.8 Å². The van der Waals surface area contributed by atoms with Crippen LogP contribution < -0.4 is 11.1 Å². The van der Waals surface area contributed by atoms with Gasteiger partial charge in [0.25, 0.3) is 17.7 Å². The van der Waals surface area contributed by atoms with Crippen LogP contribution in [-0.2, 0) is 28.8 Å². The molecule has 4 N–H and O–H groups in total. The van der Waals surface area contributed by atoms with Gasteiger partial charge in [0.1, 0.15) is 17.4 Å². The summed E-state index contributed by atoms with van der Waals surface area (Å²) in [5.41, 5.74) is 6.10. The first-order valence-corrected chi connectivity index (χ1v) is 13.9. The molecule has 0 unspecified atom stereocenters. The van der Waals surface area contributed by atoms with Crippen molar-refractivity contribution in [3.63, 3.8) is 0 Å². The average molecular weight is 572 g/mol. The third kappa shape index (κ3) is 5.21. The van der Waals surface area contributed by atoms with Crippen LogP contribution in [0.3, 0.4) is 0 Å². The number of thiazole rings is 1. The average Bonchev–Trinajstić information content (AvgIpc) is 3.52. The number of carboxylic acids is 1. The minimum atomic E-state index is -1.29. The second-order valence-corrected chi connectivity index (χ2v) is 10.8. The maximum absolute atomic E-state index is 13.1. The largest absolute Gasteiger partial charge is 0.477 e. The van der Waals surface area contributed by atoms with Crippen LogP contribution in [0.15, 0.2) is 33.5 Å². The van der Waals surface area contributed by atoms with E-state index < -0.39 is 35.8 Å². The van der Waals surface area contributed by atoms with Crippen LogP contribution in [0, 0.1) is 0 Å². The van der Waals surface area contributed by atoms with E-state index in [1.54, 1.807) is 11.1 Å². The van der Waals surface area contributed by atoms with Crippen LogP contribution in [0.4, 0.5) is 5.13 Å². The molecule has 3 fully saturated rings. The quantitative estimate of drug-likeness (QED) is 0.136. The molecule has 15 heteroatoms. The van der Waals surface area contributed by atoms with E-state index in [0.717, 1.165) is 55.5 Å². The molecule has 14 nitrogen and oxygen atoms in total. The molecule has 3 amide bonds. The molecule has 40 heavy (non-hydrogen) atoms. The third-order valence-corrected chi connectivity index (χ3v) is 8.01. The first kappa shape index (κ1) is 27.5. The number of nitrogens with zero attached hydrogens (tertiary/aromatic N) is 5. The number of rotatable bonds is 7. The molecule has 3 saturated heterocycles. The SMILES string of the molecule is CC(=O)O/N=C(\C(=O)N[C@@H]1C(=O)N2C(C(=O)O)=C(/C=C3\CCN(N4CCCCC4)C3=O)CC[C@H]12)c1csc(N)n1. The second kappa shape index (κ2) is 11.2. The molecular formula is C25H29N7O7S. The number of β-lactam (4-membered cyclic amide) rings is 1. The third-order valence-electron chi connectivity index (χ3n) is 7.33. The molecular weight excluding hydrogens is 542 g/mol. The molecule has 5 rings (SSSR count). The van der Waals surface area contributed by atoms with Crippen molar-refractivity contribution in [3.8, 4) is 0 Å². The number of carboxylic acid groups (broad SMARTS) is 1. The number of hydrazine groups is 1. The van der Waals surface area contributed by atoms with Crippen LogP contribution in [0.5, 0.6) is 0 Å². The van der Waals surface area contributed by atoms with Gasteiger partial charge in [-0.1, -0.05) is 11.6 Å². The Balaban J connectivity index is 1.33. The fourth-order valence-electron chi connectivity index (χ4n) is 5.49. The number of piperidine rings is 1. The number of oxime groups is 1. The Labute approximate surface area is 233 Å². The highest BCUT2D eigenvalue weighted by molar-refractivity contribution is 7.13. The van der Waals surface area contributed by atoms with Gasteiger partial charge in [-0.15, -0.1) is 11.3 Å². The van der Waals surface area contributed by atoms with Crippen molar-refractivity contribution in [1.82, 2.24) is 25.2 Å². The van der Waals surface area contributed by atoms with Crippen molar-refractivity contribution in [1.29, 1.82) is 0 Å². The van der Waals surface area contributed by atoms with E-state index in [-0.39, 0.29) is 28.1 Å². The number of hydrogen-bond acceptors (Lipinski definition) is 11. The Hall–Kier alpha value is -4.11. The molecule has 5 heterocycles. The molecule has 4 aliphatic heterocycles. The lowest BCUT2D eigenvalue weighted by Crippen LogP contribution is -2.72. The van der Waals surface area contributed by atoms with Gasteiger partial charge >= 0.3 is 11.9 Å². The summed E-state index contributed by atoms with van der Waals surface area (Å²) in [6.45, 7) is 3.30. The van der Waals surface area contributed by atoms with Gasteiger partial charge in [0.2, 0.25) is 0 Å². The monoisotopic (exact) mass is 571 g/mol. The summed E-state index contributed by atoms with van der Waals surface area (Å²) in [6.07, 6.45) is 5.98. The zero-order valence-corrected chi connectivity index (χ0v) is 22.6. The topological polar surface area (TPSA) is 188 Å². The predicted molar refractivity (Wildman–Crippen MR) is 141 cm³/mol. The summed E-state index contributed by atoms with van der Waals surface area (Å²) < 4.78 is 0. The number of amides is 3. The molecule has 2 atom stereocenters. The summed E-state index contributed by atoms with van der Waals surface area (Å²) in [6, 6.07) is -1.62. The molecule has 0 aromatic carbocycles. The van der Waals surface area contributed by atoms with E-state index in [2.05, 4.69) is 25.3 Å². The van der Waals surface area contributed by atoms with Crippen molar-refractivity contribution in [2.45, 2.75) is 57.5 Å². The number of carbonyl (C=O) groups is 5. The number of aromatic nitrogens is 1. The van der Waals surface area contributed by atoms with E-state index in [9.17, 15) is 29.1 Å². The number of anilines is 1. The Morgan fingerprint density at radius 1 is 1.20 bits per heavy atom. The Kier molecular flexibility index (Phi) is 7.67. The van der Waals surface area contributed by atoms with Gasteiger partial charge < -0.3 is 21.0 Å². The maximum atomic E-state index is 13.1. The number of nitrogen functional groups attached to an aromatic ring is 1. The van der Waals surface area contributed by atoms with E-state index in [1.807, 2.05) is 0 Å². The number of carbonyl (C=O) groups excluding carboxylic acids is 4. The first-order chi connectivity index (χ1) is 19.2.